The molecule has 0 aliphatic carbocycles. The lowest BCUT2D eigenvalue weighted by molar-refractivity contribution is -0.167. The molecule has 0 aromatic rings. The van der Waals surface area contributed by atoms with Crippen LogP contribution in [-0.2, 0) is 28.6 Å². The van der Waals surface area contributed by atoms with E-state index in [1.165, 1.54) is 186 Å². The van der Waals surface area contributed by atoms with Gasteiger partial charge in [0.15, 0.2) is 6.10 Å². The van der Waals surface area contributed by atoms with Gasteiger partial charge < -0.3 is 14.2 Å². The Bertz CT molecular complexity index is 1370. The third-order valence-corrected chi connectivity index (χ3v) is 13.9. The van der Waals surface area contributed by atoms with Crippen molar-refractivity contribution in [1.29, 1.82) is 0 Å². The number of allylic oxidation sites excluding steroid dienone is 12. The largest absolute Gasteiger partial charge is 0.462 e. The number of carbonyl (C=O) groups excluding carboxylic acids is 3. The third-order valence-electron chi connectivity index (χ3n) is 13.9. The van der Waals surface area contributed by atoms with Gasteiger partial charge in [-0.2, -0.15) is 0 Å². The van der Waals surface area contributed by atoms with Crippen LogP contribution in [0.2, 0.25) is 0 Å². The predicted molar refractivity (Wildman–Crippen MR) is 321 cm³/mol. The molecule has 0 heterocycles. The fourth-order valence-corrected chi connectivity index (χ4v) is 9.17. The molecule has 1 unspecified atom stereocenters. The zero-order chi connectivity index (χ0) is 53.6. The highest BCUT2D eigenvalue weighted by molar-refractivity contribution is 5.71. The van der Waals surface area contributed by atoms with Crippen LogP contribution in [0, 0.1) is 0 Å². The molecule has 0 saturated carbocycles. The van der Waals surface area contributed by atoms with Crippen molar-refractivity contribution in [2.45, 2.75) is 329 Å². The van der Waals surface area contributed by atoms with E-state index in [4.69, 9.17) is 14.2 Å². The standard InChI is InChI=1S/C68H120O6/c1-4-7-10-13-16-19-22-25-27-29-31-32-33-34-35-36-38-39-41-43-46-49-52-55-58-61-67(70)73-64-65(63-72-66(69)60-57-54-51-48-45-24-21-18-15-12-9-6-3)74-68(71)62-59-56-53-50-47-44-42-40-37-30-28-26-23-20-17-14-11-8-5-2/h7,10,16,19,25-28,31-32,34-35,65H,4-6,8-9,11-15,17-18,20-24,29-30,33,36-64H2,1-3H3/b10-7-,19-16-,27-25-,28-26-,32-31-,35-34-. The lowest BCUT2D eigenvalue weighted by Gasteiger charge is -2.18. The van der Waals surface area contributed by atoms with E-state index in [2.05, 4.69) is 93.7 Å². The second kappa shape index (κ2) is 62.4. The SMILES string of the molecule is CC/C=C\C/C=C\C/C=C\C/C=C\C/C=C\CCCCCCCCCCCC(=O)OCC(COC(=O)CCCCCCCCCCCCCC)OC(=O)CCCCCCCCCCC/C=C\CCCCCCCC. The monoisotopic (exact) mass is 1030 g/mol. The Labute approximate surface area is 459 Å². The molecule has 0 spiro atoms. The van der Waals surface area contributed by atoms with Crippen LogP contribution in [-0.4, -0.2) is 37.2 Å². The Kier molecular flexibility index (Phi) is 59.7. The maximum Gasteiger partial charge on any atom is 0.306 e. The maximum absolute atomic E-state index is 12.9. The summed E-state index contributed by atoms with van der Waals surface area (Å²) in [6.07, 6.45) is 80.4. The van der Waals surface area contributed by atoms with Crippen molar-refractivity contribution in [3.63, 3.8) is 0 Å². The molecule has 0 aliphatic rings. The normalized spacial score (nSPS) is 12.5. The van der Waals surface area contributed by atoms with Crippen LogP contribution in [0.4, 0.5) is 0 Å². The number of ether oxygens (including phenoxy) is 3. The summed E-state index contributed by atoms with van der Waals surface area (Å²) in [5.41, 5.74) is 0. The summed E-state index contributed by atoms with van der Waals surface area (Å²) in [7, 11) is 0. The van der Waals surface area contributed by atoms with Crippen LogP contribution in [0.15, 0.2) is 72.9 Å². The van der Waals surface area contributed by atoms with Crippen LogP contribution in [0.1, 0.15) is 323 Å². The first-order chi connectivity index (χ1) is 36.5. The highest BCUT2D eigenvalue weighted by atomic mass is 16.6. The highest BCUT2D eigenvalue weighted by Crippen LogP contribution is 2.17. The van der Waals surface area contributed by atoms with Crippen molar-refractivity contribution < 1.29 is 28.6 Å². The van der Waals surface area contributed by atoms with E-state index in [0.717, 1.165) is 96.3 Å². The number of unbranched alkanes of at least 4 members (excludes halogenated alkanes) is 35. The van der Waals surface area contributed by atoms with Crippen molar-refractivity contribution in [3.05, 3.63) is 72.9 Å². The Morgan fingerprint density at radius 2 is 0.527 bits per heavy atom. The molecule has 0 fully saturated rings. The van der Waals surface area contributed by atoms with Crippen molar-refractivity contribution in [3.8, 4) is 0 Å². The number of esters is 3. The van der Waals surface area contributed by atoms with Crippen LogP contribution in [0.5, 0.6) is 0 Å². The van der Waals surface area contributed by atoms with Crippen molar-refractivity contribution in [1.82, 2.24) is 0 Å². The van der Waals surface area contributed by atoms with Gasteiger partial charge in [0.25, 0.3) is 0 Å². The first-order valence-corrected chi connectivity index (χ1v) is 31.9. The molecule has 0 aromatic heterocycles. The van der Waals surface area contributed by atoms with Gasteiger partial charge in [0.1, 0.15) is 13.2 Å². The quantitative estimate of drug-likeness (QED) is 0.0261. The number of rotatable bonds is 58. The molecule has 428 valence electrons. The van der Waals surface area contributed by atoms with E-state index in [0.29, 0.717) is 19.3 Å². The van der Waals surface area contributed by atoms with E-state index < -0.39 is 6.10 Å². The molecule has 0 saturated heterocycles. The van der Waals surface area contributed by atoms with Crippen LogP contribution < -0.4 is 0 Å². The number of hydrogen-bond acceptors (Lipinski definition) is 6. The maximum atomic E-state index is 12.9. The average Bonchev–Trinajstić information content (AvgIpc) is 3.40. The van der Waals surface area contributed by atoms with Crippen molar-refractivity contribution >= 4 is 17.9 Å². The van der Waals surface area contributed by atoms with Gasteiger partial charge in [-0.05, 0) is 89.9 Å². The molecule has 0 amide bonds. The summed E-state index contributed by atoms with van der Waals surface area (Å²) in [6, 6.07) is 0. The zero-order valence-corrected chi connectivity index (χ0v) is 49.1. The molecule has 0 bridgehead atoms. The van der Waals surface area contributed by atoms with E-state index in [1.54, 1.807) is 0 Å². The summed E-state index contributed by atoms with van der Waals surface area (Å²) in [5.74, 6) is -0.868. The smallest absolute Gasteiger partial charge is 0.306 e. The number of carbonyl (C=O) groups is 3. The summed E-state index contributed by atoms with van der Waals surface area (Å²) < 4.78 is 16.9. The molecular weight excluding hydrogens is 913 g/mol. The molecular formula is C68H120O6. The van der Waals surface area contributed by atoms with Gasteiger partial charge in [0, 0.05) is 19.3 Å². The van der Waals surface area contributed by atoms with E-state index in [1.807, 2.05) is 0 Å². The fourth-order valence-electron chi connectivity index (χ4n) is 9.17. The van der Waals surface area contributed by atoms with Crippen molar-refractivity contribution in [2.75, 3.05) is 13.2 Å². The van der Waals surface area contributed by atoms with E-state index in [9.17, 15) is 14.4 Å². The van der Waals surface area contributed by atoms with Gasteiger partial charge in [-0.25, -0.2) is 0 Å². The van der Waals surface area contributed by atoms with Crippen LogP contribution in [0.25, 0.3) is 0 Å². The average molecular weight is 1030 g/mol. The van der Waals surface area contributed by atoms with Gasteiger partial charge in [0.05, 0.1) is 0 Å². The Morgan fingerprint density at radius 3 is 0.838 bits per heavy atom. The predicted octanol–water partition coefficient (Wildman–Crippen LogP) is 21.7. The summed E-state index contributed by atoms with van der Waals surface area (Å²) in [5, 5.41) is 0. The summed E-state index contributed by atoms with van der Waals surface area (Å²) >= 11 is 0. The Morgan fingerprint density at radius 1 is 0.284 bits per heavy atom. The molecule has 0 rings (SSSR count). The highest BCUT2D eigenvalue weighted by Gasteiger charge is 2.19. The minimum absolute atomic E-state index is 0.0744. The minimum Gasteiger partial charge on any atom is -0.462 e. The van der Waals surface area contributed by atoms with Crippen LogP contribution >= 0.6 is 0 Å². The summed E-state index contributed by atoms with van der Waals surface area (Å²) in [4.78, 5) is 38.3. The molecule has 74 heavy (non-hydrogen) atoms. The van der Waals surface area contributed by atoms with E-state index >= 15 is 0 Å². The molecule has 0 radical (unpaired) electrons. The van der Waals surface area contributed by atoms with Gasteiger partial charge >= 0.3 is 17.9 Å². The lowest BCUT2D eigenvalue weighted by Crippen LogP contribution is -2.30. The van der Waals surface area contributed by atoms with E-state index in [-0.39, 0.29) is 31.1 Å². The molecule has 6 nitrogen and oxygen atoms in total. The third kappa shape index (κ3) is 59.7. The lowest BCUT2D eigenvalue weighted by atomic mass is 10.0. The number of hydrogen-bond donors (Lipinski definition) is 0. The molecule has 0 N–H and O–H groups in total. The fraction of sp³-hybridized carbons (Fsp3) is 0.779. The second-order valence-electron chi connectivity index (χ2n) is 21.3. The minimum atomic E-state index is -0.778. The Hall–Kier alpha value is -3.15. The summed E-state index contributed by atoms with van der Waals surface area (Å²) in [6.45, 7) is 6.55. The van der Waals surface area contributed by atoms with Crippen LogP contribution in [0.3, 0.4) is 0 Å². The zero-order valence-electron chi connectivity index (χ0n) is 49.1. The van der Waals surface area contributed by atoms with Gasteiger partial charge in [-0.15, -0.1) is 0 Å². The Balaban J connectivity index is 4.30. The van der Waals surface area contributed by atoms with Gasteiger partial charge in [-0.1, -0.05) is 286 Å². The van der Waals surface area contributed by atoms with Gasteiger partial charge in [-0.3, -0.25) is 14.4 Å². The molecule has 0 aromatic carbocycles. The molecule has 0 aliphatic heterocycles. The molecule has 6 heteroatoms. The topological polar surface area (TPSA) is 78.9 Å². The van der Waals surface area contributed by atoms with Gasteiger partial charge in [0.2, 0.25) is 0 Å². The molecule has 1 atom stereocenters. The second-order valence-corrected chi connectivity index (χ2v) is 21.3. The first-order valence-electron chi connectivity index (χ1n) is 31.9. The van der Waals surface area contributed by atoms with Crippen molar-refractivity contribution in [2.24, 2.45) is 0 Å². The first kappa shape index (κ1) is 70.8.